The predicted octanol–water partition coefficient (Wildman–Crippen LogP) is 3.32. The highest BCUT2D eigenvalue weighted by Crippen LogP contribution is 2.39. The van der Waals surface area contributed by atoms with Gasteiger partial charge in [0.2, 0.25) is 0 Å². The number of anilines is 1. The van der Waals surface area contributed by atoms with E-state index in [2.05, 4.69) is 22.2 Å². The maximum absolute atomic E-state index is 10.8. The summed E-state index contributed by atoms with van der Waals surface area (Å²) in [6.07, 6.45) is 3.06. The molecule has 1 heterocycles. The number of nitrogens with zero attached hydrogens (tertiary/aromatic N) is 3. The number of nitro benzene ring substituents is 1. The lowest BCUT2D eigenvalue weighted by atomic mass is 9.86. The summed E-state index contributed by atoms with van der Waals surface area (Å²) in [5, 5.41) is 23.9. The van der Waals surface area contributed by atoms with Crippen molar-refractivity contribution >= 4 is 11.5 Å². The molecule has 132 valence electrons. The van der Waals surface area contributed by atoms with E-state index in [1.54, 1.807) is 12.1 Å². The largest absolute Gasteiger partial charge is 0.396 e. The average molecular weight is 342 g/mol. The van der Waals surface area contributed by atoms with Crippen LogP contribution in [0.25, 0.3) is 11.4 Å². The van der Waals surface area contributed by atoms with E-state index in [1.807, 2.05) is 13.0 Å². The molecule has 0 spiro atoms. The van der Waals surface area contributed by atoms with Gasteiger partial charge in [0.1, 0.15) is 5.82 Å². The number of hydrogen-bond acceptors (Lipinski definition) is 6. The Morgan fingerprint density at radius 1 is 1.36 bits per heavy atom. The molecule has 2 aromatic rings. The van der Waals surface area contributed by atoms with Crippen LogP contribution in [0.4, 0.5) is 11.5 Å². The van der Waals surface area contributed by atoms with Crippen LogP contribution in [-0.4, -0.2) is 32.6 Å². The minimum Gasteiger partial charge on any atom is -0.396 e. The Bertz CT molecular complexity index is 778. The first kappa shape index (κ1) is 17.3. The van der Waals surface area contributed by atoms with Crippen molar-refractivity contribution in [2.45, 2.75) is 39.2 Å². The SMILES string of the molecule is Cc1cc(NC2CCCC2(C)CO)nc(-c2ccc([N+](=O)[O-])cc2)n1. The molecule has 1 aliphatic rings. The predicted molar refractivity (Wildman–Crippen MR) is 95.3 cm³/mol. The maximum atomic E-state index is 10.8. The van der Waals surface area contributed by atoms with Crippen molar-refractivity contribution < 1.29 is 10.0 Å². The topological polar surface area (TPSA) is 101 Å². The molecule has 1 aromatic heterocycles. The molecule has 1 aliphatic carbocycles. The van der Waals surface area contributed by atoms with E-state index in [1.165, 1.54) is 12.1 Å². The van der Waals surface area contributed by atoms with Crippen LogP contribution in [-0.2, 0) is 0 Å². The number of nitro groups is 1. The Labute approximate surface area is 146 Å². The lowest BCUT2D eigenvalue weighted by molar-refractivity contribution is -0.384. The van der Waals surface area contributed by atoms with Crippen molar-refractivity contribution in [3.63, 3.8) is 0 Å². The van der Waals surface area contributed by atoms with Crippen molar-refractivity contribution in [3.05, 3.63) is 46.1 Å². The fourth-order valence-corrected chi connectivity index (χ4v) is 3.35. The van der Waals surface area contributed by atoms with E-state index >= 15 is 0 Å². The van der Waals surface area contributed by atoms with Gasteiger partial charge in [-0.3, -0.25) is 10.1 Å². The van der Waals surface area contributed by atoms with E-state index in [0.717, 1.165) is 30.5 Å². The van der Waals surface area contributed by atoms with Gasteiger partial charge in [0.05, 0.1) is 11.5 Å². The second-order valence-corrected chi connectivity index (χ2v) is 6.92. The highest BCUT2D eigenvalue weighted by molar-refractivity contribution is 5.59. The summed E-state index contributed by atoms with van der Waals surface area (Å²) in [5.74, 6) is 1.24. The van der Waals surface area contributed by atoms with Gasteiger partial charge in [0, 0.05) is 40.9 Å². The highest BCUT2D eigenvalue weighted by Gasteiger charge is 2.38. The highest BCUT2D eigenvalue weighted by atomic mass is 16.6. The fourth-order valence-electron chi connectivity index (χ4n) is 3.35. The van der Waals surface area contributed by atoms with Gasteiger partial charge in [-0.2, -0.15) is 0 Å². The normalized spacial score (nSPS) is 22.8. The van der Waals surface area contributed by atoms with Crippen LogP contribution in [0.3, 0.4) is 0 Å². The second-order valence-electron chi connectivity index (χ2n) is 6.92. The van der Waals surface area contributed by atoms with Crippen molar-refractivity contribution in [1.29, 1.82) is 0 Å². The molecule has 1 fully saturated rings. The number of benzene rings is 1. The molecular weight excluding hydrogens is 320 g/mol. The van der Waals surface area contributed by atoms with Crippen molar-refractivity contribution in [3.8, 4) is 11.4 Å². The van der Waals surface area contributed by atoms with E-state index in [0.29, 0.717) is 11.6 Å². The van der Waals surface area contributed by atoms with E-state index in [4.69, 9.17) is 0 Å². The number of hydrogen-bond donors (Lipinski definition) is 2. The van der Waals surface area contributed by atoms with Gasteiger partial charge in [-0.15, -0.1) is 0 Å². The summed E-state index contributed by atoms with van der Waals surface area (Å²) in [6, 6.07) is 8.26. The molecule has 0 amide bonds. The van der Waals surface area contributed by atoms with Gasteiger partial charge in [-0.05, 0) is 31.9 Å². The standard InChI is InChI=1S/C18H22N4O3/c1-12-10-16(20-15-4-3-9-18(15,2)11-23)21-17(19-12)13-5-7-14(8-6-13)22(24)25/h5-8,10,15,23H,3-4,9,11H2,1-2H3,(H,19,20,21). The molecule has 7 heteroatoms. The third-order valence-electron chi connectivity index (χ3n) is 4.96. The molecule has 0 saturated heterocycles. The Hall–Kier alpha value is -2.54. The molecule has 3 rings (SSSR count). The van der Waals surface area contributed by atoms with Crippen LogP contribution in [0, 0.1) is 22.5 Å². The quantitative estimate of drug-likeness (QED) is 0.638. The number of non-ortho nitro benzene ring substituents is 1. The van der Waals surface area contributed by atoms with Gasteiger partial charge < -0.3 is 10.4 Å². The summed E-state index contributed by atoms with van der Waals surface area (Å²) < 4.78 is 0. The molecular formula is C18H22N4O3. The first-order chi connectivity index (χ1) is 11.9. The molecule has 2 N–H and O–H groups in total. The van der Waals surface area contributed by atoms with Crippen molar-refractivity contribution in [2.24, 2.45) is 5.41 Å². The number of aliphatic hydroxyl groups excluding tert-OH is 1. The molecule has 1 saturated carbocycles. The maximum Gasteiger partial charge on any atom is 0.269 e. The van der Waals surface area contributed by atoms with Gasteiger partial charge >= 0.3 is 0 Å². The third kappa shape index (κ3) is 3.61. The zero-order valence-electron chi connectivity index (χ0n) is 14.4. The monoisotopic (exact) mass is 342 g/mol. The first-order valence-corrected chi connectivity index (χ1v) is 8.39. The smallest absolute Gasteiger partial charge is 0.269 e. The Morgan fingerprint density at radius 3 is 2.72 bits per heavy atom. The van der Waals surface area contributed by atoms with Crippen LogP contribution < -0.4 is 5.32 Å². The zero-order valence-corrected chi connectivity index (χ0v) is 14.4. The minimum atomic E-state index is -0.427. The molecule has 2 unspecified atom stereocenters. The first-order valence-electron chi connectivity index (χ1n) is 8.39. The Balaban J connectivity index is 1.87. The van der Waals surface area contributed by atoms with Crippen LogP contribution in [0.1, 0.15) is 31.9 Å². The fraction of sp³-hybridized carbons (Fsp3) is 0.444. The molecule has 2 atom stereocenters. The lowest BCUT2D eigenvalue weighted by Gasteiger charge is -2.30. The third-order valence-corrected chi connectivity index (χ3v) is 4.96. The summed E-state index contributed by atoms with van der Waals surface area (Å²) >= 11 is 0. The minimum absolute atomic E-state index is 0.0411. The summed E-state index contributed by atoms with van der Waals surface area (Å²) in [6.45, 7) is 4.12. The van der Waals surface area contributed by atoms with Crippen molar-refractivity contribution in [2.75, 3.05) is 11.9 Å². The summed E-state index contributed by atoms with van der Waals surface area (Å²) in [7, 11) is 0. The molecule has 1 aromatic carbocycles. The number of aryl methyl sites for hydroxylation is 1. The second kappa shape index (κ2) is 6.76. The number of aromatic nitrogens is 2. The van der Waals surface area contributed by atoms with Crippen LogP contribution >= 0.6 is 0 Å². The molecule has 0 bridgehead atoms. The van der Waals surface area contributed by atoms with Gasteiger partial charge in [-0.1, -0.05) is 13.3 Å². The Morgan fingerprint density at radius 2 is 2.08 bits per heavy atom. The van der Waals surface area contributed by atoms with E-state index < -0.39 is 4.92 Å². The van der Waals surface area contributed by atoms with Gasteiger partial charge in [-0.25, -0.2) is 9.97 Å². The average Bonchev–Trinajstić information content (AvgIpc) is 2.96. The van der Waals surface area contributed by atoms with Crippen LogP contribution in [0.15, 0.2) is 30.3 Å². The lowest BCUT2D eigenvalue weighted by Crippen LogP contribution is -2.36. The summed E-state index contributed by atoms with van der Waals surface area (Å²) in [4.78, 5) is 19.4. The molecule has 25 heavy (non-hydrogen) atoms. The van der Waals surface area contributed by atoms with Crippen molar-refractivity contribution in [1.82, 2.24) is 9.97 Å². The molecule has 0 radical (unpaired) electrons. The number of rotatable bonds is 5. The zero-order chi connectivity index (χ0) is 18.0. The van der Waals surface area contributed by atoms with Gasteiger partial charge in [0.25, 0.3) is 5.69 Å². The van der Waals surface area contributed by atoms with E-state index in [9.17, 15) is 15.2 Å². The number of nitrogens with one attached hydrogen (secondary N) is 1. The van der Waals surface area contributed by atoms with Crippen LogP contribution in [0.5, 0.6) is 0 Å². The Kier molecular flexibility index (Phi) is 4.67. The number of aliphatic hydroxyl groups is 1. The van der Waals surface area contributed by atoms with Gasteiger partial charge in [0.15, 0.2) is 5.82 Å². The molecule has 7 nitrogen and oxygen atoms in total. The van der Waals surface area contributed by atoms with E-state index in [-0.39, 0.29) is 23.8 Å². The summed E-state index contributed by atoms with van der Waals surface area (Å²) in [5.41, 5.74) is 1.44. The van der Waals surface area contributed by atoms with Crippen LogP contribution in [0.2, 0.25) is 0 Å². The molecule has 0 aliphatic heterocycles.